The van der Waals surface area contributed by atoms with Gasteiger partial charge in [-0.15, -0.1) is 0 Å². The molecule has 7 rings (SSSR count). The Bertz CT molecular complexity index is 2330. The summed E-state index contributed by atoms with van der Waals surface area (Å²) in [6, 6.07) is 5.10. The van der Waals surface area contributed by atoms with E-state index in [2.05, 4.69) is 15.1 Å². The summed E-state index contributed by atoms with van der Waals surface area (Å²) in [5.74, 6) is -0.823. The van der Waals surface area contributed by atoms with E-state index in [0.29, 0.717) is 83.4 Å². The van der Waals surface area contributed by atoms with Crippen molar-refractivity contribution in [3.8, 4) is 17.1 Å². The average Bonchev–Trinajstić information content (AvgIpc) is 3.55. The van der Waals surface area contributed by atoms with Crippen LogP contribution < -0.4 is 20.7 Å². The number of hydroxylamine groups is 1. The maximum Gasteiger partial charge on any atom is 0.415 e. The molecule has 18 heteroatoms. The van der Waals surface area contributed by atoms with E-state index >= 15 is 0 Å². The van der Waals surface area contributed by atoms with E-state index in [9.17, 15) is 24.3 Å². The van der Waals surface area contributed by atoms with E-state index in [4.69, 9.17) is 24.5 Å². The molecule has 3 N–H and O–H groups in total. The molecule has 4 aromatic rings. The summed E-state index contributed by atoms with van der Waals surface area (Å²) in [5.41, 5.74) is 2.50. The van der Waals surface area contributed by atoms with Crippen molar-refractivity contribution >= 4 is 41.0 Å². The first kappa shape index (κ1) is 38.3. The third-order valence-corrected chi connectivity index (χ3v) is 9.96. The lowest BCUT2D eigenvalue weighted by Crippen LogP contribution is -2.50. The van der Waals surface area contributed by atoms with Crippen LogP contribution >= 0.6 is 0 Å². The molecule has 56 heavy (non-hydrogen) atoms. The number of aliphatic hydroxyl groups is 1. The zero-order chi connectivity index (χ0) is 40.1. The first-order valence-corrected chi connectivity index (χ1v) is 18.1. The van der Waals surface area contributed by atoms with Crippen molar-refractivity contribution in [2.45, 2.75) is 65.0 Å². The number of aromatic nitrogens is 4. The van der Waals surface area contributed by atoms with E-state index in [1.165, 1.54) is 12.4 Å². The molecule has 3 aliphatic rings. The van der Waals surface area contributed by atoms with Gasteiger partial charge < -0.3 is 38.7 Å². The number of nitrogens with one attached hydrogen (secondary N) is 1. The maximum atomic E-state index is 14.0. The second-order valence-electron chi connectivity index (χ2n) is 15.1. The van der Waals surface area contributed by atoms with Crippen LogP contribution in [0.2, 0.25) is 0 Å². The van der Waals surface area contributed by atoms with E-state index < -0.39 is 34.7 Å². The molecule has 6 heterocycles. The van der Waals surface area contributed by atoms with Gasteiger partial charge in [-0.05, 0) is 59.5 Å². The van der Waals surface area contributed by atoms with Crippen LogP contribution in [0.5, 0.6) is 5.75 Å². The minimum absolute atomic E-state index is 0.0163. The van der Waals surface area contributed by atoms with Crippen molar-refractivity contribution in [1.29, 1.82) is 0 Å². The fraction of sp³-hybridized carbons (Fsp3) is 0.421. The molecule has 1 saturated heterocycles. The highest BCUT2D eigenvalue weighted by molar-refractivity contribution is 6.05. The summed E-state index contributed by atoms with van der Waals surface area (Å²) in [6.07, 6.45) is 3.68. The third kappa shape index (κ3) is 6.90. The molecule has 1 fully saturated rings. The van der Waals surface area contributed by atoms with Gasteiger partial charge in [0.25, 0.3) is 11.5 Å². The zero-order valence-corrected chi connectivity index (χ0v) is 32.0. The second kappa shape index (κ2) is 14.6. The van der Waals surface area contributed by atoms with Crippen molar-refractivity contribution in [2.75, 3.05) is 45.2 Å². The number of amides is 2. The zero-order valence-electron chi connectivity index (χ0n) is 32.0. The van der Waals surface area contributed by atoms with Crippen molar-refractivity contribution in [1.82, 2.24) is 34.8 Å². The Balaban J connectivity index is 1.26. The van der Waals surface area contributed by atoms with Gasteiger partial charge in [-0.2, -0.15) is 0 Å². The van der Waals surface area contributed by atoms with Gasteiger partial charge in [0, 0.05) is 72.8 Å². The molecule has 1 atom stereocenters. The topological polar surface area (TPSA) is 214 Å². The standard InChI is InChI=1S/C38H43N9O9/c1-7-38(52)26-14-28-31-23(19-47(28)33(49)25(26)20-54-34(38)50)22(17-41-56-37(2,3)4)30-24(18-44(5)6)29(9-8-27(30)42-31)55-36(51)46-12-10-45(11-13-46)35-39-15-21(16-40-35)32(48)43-53/h8-9,14-17,52-53H,7,10-13,18-20H2,1-6H3,(H,43,48)/b41-17-/t38-/m0/s1. The quantitative estimate of drug-likeness (QED) is 0.0896. The molecule has 294 valence electrons. The third-order valence-electron chi connectivity index (χ3n) is 9.96. The van der Waals surface area contributed by atoms with E-state index in [1.807, 2.05) is 44.7 Å². The lowest BCUT2D eigenvalue weighted by molar-refractivity contribution is -0.172. The normalized spacial score (nSPS) is 17.8. The summed E-state index contributed by atoms with van der Waals surface area (Å²) in [4.78, 5) is 76.8. The molecule has 0 unspecified atom stereocenters. The van der Waals surface area contributed by atoms with Crippen LogP contribution in [0.3, 0.4) is 0 Å². The number of oxime groups is 1. The van der Waals surface area contributed by atoms with E-state index in [1.54, 1.807) is 46.3 Å². The van der Waals surface area contributed by atoms with Crippen molar-refractivity contribution in [2.24, 2.45) is 5.16 Å². The summed E-state index contributed by atoms with van der Waals surface area (Å²) in [5, 5.41) is 25.3. The summed E-state index contributed by atoms with van der Waals surface area (Å²) >= 11 is 0. The van der Waals surface area contributed by atoms with Crippen molar-refractivity contribution in [3.63, 3.8) is 0 Å². The monoisotopic (exact) mass is 769 g/mol. The summed E-state index contributed by atoms with van der Waals surface area (Å²) in [6.45, 7) is 8.92. The van der Waals surface area contributed by atoms with Crippen molar-refractivity contribution < 1.29 is 39.0 Å². The summed E-state index contributed by atoms with van der Waals surface area (Å²) in [7, 11) is 3.79. The molecule has 1 aromatic carbocycles. The number of nitrogens with zero attached hydrogens (tertiary/aromatic N) is 8. The number of cyclic esters (lactones) is 1. The number of hydrogen-bond donors (Lipinski definition) is 3. The Labute approximate surface area is 321 Å². The Morgan fingerprint density at radius 1 is 1.11 bits per heavy atom. The van der Waals surface area contributed by atoms with E-state index in [0.717, 1.165) is 0 Å². The molecule has 18 nitrogen and oxygen atoms in total. The fourth-order valence-corrected chi connectivity index (χ4v) is 7.12. The molecule has 0 bridgehead atoms. The minimum atomic E-state index is -1.98. The van der Waals surface area contributed by atoms with Crippen LogP contribution in [0, 0.1) is 0 Å². The first-order chi connectivity index (χ1) is 26.6. The minimum Gasteiger partial charge on any atom is -0.458 e. The molecule has 0 radical (unpaired) electrons. The van der Waals surface area contributed by atoms with E-state index in [-0.39, 0.29) is 36.3 Å². The molecular weight excluding hydrogens is 726 g/mol. The molecule has 3 aliphatic heterocycles. The van der Waals surface area contributed by atoms with Crippen LogP contribution in [0.1, 0.15) is 72.3 Å². The number of benzene rings is 1. The highest BCUT2D eigenvalue weighted by atomic mass is 16.6. The number of carbonyl (C=O) groups is 3. The smallest absolute Gasteiger partial charge is 0.415 e. The van der Waals surface area contributed by atoms with Crippen LogP contribution in [-0.4, -0.2) is 110 Å². The second-order valence-corrected chi connectivity index (χ2v) is 15.1. The molecular formula is C38H43N9O9. The number of ether oxygens (including phenoxy) is 2. The van der Waals surface area contributed by atoms with Crippen LogP contribution in [-0.2, 0) is 39.7 Å². The number of pyridine rings is 2. The predicted molar refractivity (Wildman–Crippen MR) is 201 cm³/mol. The number of anilines is 1. The van der Waals surface area contributed by atoms with Gasteiger partial charge in [0.15, 0.2) is 5.60 Å². The number of fused-ring (bicyclic) bond motifs is 5. The predicted octanol–water partition coefficient (Wildman–Crippen LogP) is 2.52. The van der Waals surface area contributed by atoms with Gasteiger partial charge >= 0.3 is 12.1 Å². The Hall–Kier alpha value is -5.98. The van der Waals surface area contributed by atoms with Gasteiger partial charge in [0.1, 0.15) is 18.0 Å². The number of rotatable bonds is 8. The lowest BCUT2D eigenvalue weighted by atomic mass is 9.86. The Kier molecular flexibility index (Phi) is 9.98. The summed E-state index contributed by atoms with van der Waals surface area (Å²) < 4.78 is 12.9. The Morgan fingerprint density at radius 2 is 1.82 bits per heavy atom. The molecule has 0 saturated carbocycles. The SMILES string of the molecule is CC[C@@]1(O)C(=O)OCc2c1cc1n(c2=O)Cc2c-1nc1ccc(OC(=O)N3CCN(c4ncc(C(=O)NO)cn4)CC3)c(CN(C)C)c1c2/C=N\OC(C)(C)C. The number of hydrogen-bond acceptors (Lipinski definition) is 15. The van der Waals surface area contributed by atoms with Gasteiger partial charge in [0.2, 0.25) is 5.95 Å². The van der Waals surface area contributed by atoms with Gasteiger partial charge in [-0.3, -0.25) is 14.8 Å². The fourth-order valence-electron chi connectivity index (χ4n) is 7.12. The first-order valence-electron chi connectivity index (χ1n) is 18.1. The van der Waals surface area contributed by atoms with Crippen LogP contribution in [0.4, 0.5) is 10.7 Å². The van der Waals surface area contributed by atoms with Gasteiger partial charge in [0.05, 0.1) is 40.8 Å². The number of piperazine rings is 1. The highest BCUT2D eigenvalue weighted by Crippen LogP contribution is 2.42. The lowest BCUT2D eigenvalue weighted by Gasteiger charge is -2.34. The van der Waals surface area contributed by atoms with Crippen LogP contribution in [0.15, 0.2) is 40.5 Å². The highest BCUT2D eigenvalue weighted by Gasteiger charge is 2.45. The number of esters is 1. The molecule has 2 amide bonds. The van der Waals surface area contributed by atoms with Crippen molar-refractivity contribution in [3.05, 3.63) is 74.3 Å². The molecule has 0 spiro atoms. The maximum absolute atomic E-state index is 14.0. The van der Waals surface area contributed by atoms with Gasteiger partial charge in [-0.1, -0.05) is 12.1 Å². The molecule has 0 aliphatic carbocycles. The Morgan fingerprint density at radius 3 is 2.46 bits per heavy atom. The van der Waals surface area contributed by atoms with Gasteiger partial charge in [-0.25, -0.2) is 30.0 Å². The average molecular weight is 770 g/mol. The number of carbonyl (C=O) groups excluding carboxylic acids is 3. The van der Waals surface area contributed by atoms with Crippen LogP contribution in [0.25, 0.3) is 22.3 Å². The largest absolute Gasteiger partial charge is 0.458 e. The molecule has 3 aromatic heterocycles.